The maximum atomic E-state index is 12.5. The summed E-state index contributed by atoms with van der Waals surface area (Å²) in [6, 6.07) is 8.65. The average molecular weight is 332 g/mol. The predicted octanol–water partition coefficient (Wildman–Crippen LogP) is 2.58. The van der Waals surface area contributed by atoms with Crippen molar-refractivity contribution in [2.75, 3.05) is 4.72 Å². The second kappa shape index (κ2) is 5.36. The summed E-state index contributed by atoms with van der Waals surface area (Å²) in [7, 11) is -3.94. The molecule has 1 heterocycles. The van der Waals surface area contributed by atoms with Crippen LogP contribution in [-0.2, 0) is 10.0 Å². The Hall–Kier alpha value is -2.94. The van der Waals surface area contributed by atoms with Crippen LogP contribution in [0, 0.1) is 17.0 Å². The van der Waals surface area contributed by atoms with Crippen molar-refractivity contribution in [2.45, 2.75) is 11.8 Å². The summed E-state index contributed by atoms with van der Waals surface area (Å²) >= 11 is 0. The van der Waals surface area contributed by atoms with Gasteiger partial charge in [-0.15, -0.1) is 0 Å². The smallest absolute Gasteiger partial charge is 0.270 e. The fraction of sp³-hybridized carbons (Fsp3) is 0.0714. The summed E-state index contributed by atoms with van der Waals surface area (Å²) in [6.45, 7) is 1.58. The van der Waals surface area contributed by atoms with Gasteiger partial charge < -0.3 is 0 Å². The van der Waals surface area contributed by atoms with Crippen LogP contribution >= 0.6 is 0 Å². The SMILES string of the molecule is Cc1ccc([N+](=O)[O-])cc1S(=O)(=O)Nc1ccc2cn[nH]c2c1. The highest BCUT2D eigenvalue weighted by Gasteiger charge is 2.20. The average Bonchev–Trinajstić information content (AvgIpc) is 2.94. The molecule has 0 atom stereocenters. The summed E-state index contributed by atoms with van der Waals surface area (Å²) in [5, 5.41) is 18.3. The van der Waals surface area contributed by atoms with Gasteiger partial charge in [0.1, 0.15) is 0 Å². The van der Waals surface area contributed by atoms with Gasteiger partial charge in [0.05, 0.1) is 27.2 Å². The molecular weight excluding hydrogens is 320 g/mol. The van der Waals surface area contributed by atoms with Crippen LogP contribution in [0.3, 0.4) is 0 Å². The zero-order valence-corrected chi connectivity index (χ0v) is 12.8. The van der Waals surface area contributed by atoms with Gasteiger partial charge in [0.15, 0.2) is 0 Å². The number of aryl methyl sites for hydroxylation is 1. The number of fused-ring (bicyclic) bond motifs is 1. The molecule has 8 nitrogen and oxygen atoms in total. The monoisotopic (exact) mass is 332 g/mol. The summed E-state index contributed by atoms with van der Waals surface area (Å²) < 4.78 is 27.4. The van der Waals surface area contributed by atoms with E-state index in [9.17, 15) is 18.5 Å². The molecule has 0 aliphatic carbocycles. The first-order valence-electron chi connectivity index (χ1n) is 6.58. The number of anilines is 1. The maximum absolute atomic E-state index is 12.5. The van der Waals surface area contributed by atoms with E-state index in [1.165, 1.54) is 12.1 Å². The van der Waals surface area contributed by atoms with Crippen molar-refractivity contribution >= 4 is 32.3 Å². The lowest BCUT2D eigenvalue weighted by Crippen LogP contribution is -2.14. The summed E-state index contributed by atoms with van der Waals surface area (Å²) in [4.78, 5) is 10.1. The largest absolute Gasteiger partial charge is 0.280 e. The van der Waals surface area contributed by atoms with Crippen LogP contribution in [-0.4, -0.2) is 23.5 Å². The third kappa shape index (κ3) is 2.86. The Morgan fingerprint density at radius 3 is 2.74 bits per heavy atom. The molecule has 0 unspecified atom stereocenters. The third-order valence-corrected chi connectivity index (χ3v) is 4.89. The van der Waals surface area contributed by atoms with E-state index in [1.807, 2.05) is 0 Å². The van der Waals surface area contributed by atoms with E-state index in [-0.39, 0.29) is 10.6 Å². The second-order valence-corrected chi connectivity index (χ2v) is 6.64. The van der Waals surface area contributed by atoms with E-state index in [0.29, 0.717) is 16.8 Å². The molecule has 0 saturated heterocycles. The highest BCUT2D eigenvalue weighted by Crippen LogP contribution is 2.25. The number of benzene rings is 2. The van der Waals surface area contributed by atoms with Crippen LogP contribution in [0.1, 0.15) is 5.56 Å². The Morgan fingerprint density at radius 1 is 1.22 bits per heavy atom. The molecule has 23 heavy (non-hydrogen) atoms. The number of nitrogens with one attached hydrogen (secondary N) is 2. The van der Waals surface area contributed by atoms with Gasteiger partial charge in [-0.3, -0.25) is 19.9 Å². The van der Waals surface area contributed by atoms with Gasteiger partial charge in [-0.1, -0.05) is 6.07 Å². The van der Waals surface area contributed by atoms with Crippen LogP contribution in [0.15, 0.2) is 47.5 Å². The van der Waals surface area contributed by atoms with E-state index < -0.39 is 14.9 Å². The van der Waals surface area contributed by atoms with Crippen LogP contribution in [0.5, 0.6) is 0 Å². The lowest BCUT2D eigenvalue weighted by molar-refractivity contribution is -0.385. The first kappa shape index (κ1) is 15.0. The van der Waals surface area contributed by atoms with Gasteiger partial charge in [-0.2, -0.15) is 5.10 Å². The molecule has 0 radical (unpaired) electrons. The number of sulfonamides is 1. The Balaban J connectivity index is 2.01. The predicted molar refractivity (Wildman–Crippen MR) is 84.7 cm³/mol. The van der Waals surface area contributed by atoms with Crippen molar-refractivity contribution in [1.29, 1.82) is 0 Å². The minimum absolute atomic E-state index is 0.128. The molecular formula is C14H12N4O4S. The molecule has 0 aliphatic heterocycles. The minimum atomic E-state index is -3.94. The van der Waals surface area contributed by atoms with E-state index >= 15 is 0 Å². The highest BCUT2D eigenvalue weighted by atomic mass is 32.2. The molecule has 3 rings (SSSR count). The van der Waals surface area contributed by atoms with Gasteiger partial charge in [-0.25, -0.2) is 8.42 Å². The first-order chi connectivity index (χ1) is 10.9. The van der Waals surface area contributed by atoms with Crippen LogP contribution in [0.4, 0.5) is 11.4 Å². The number of nitro benzene ring substituents is 1. The van der Waals surface area contributed by atoms with Gasteiger partial charge in [0.25, 0.3) is 15.7 Å². The van der Waals surface area contributed by atoms with E-state index in [0.717, 1.165) is 11.5 Å². The quantitative estimate of drug-likeness (QED) is 0.562. The standard InChI is InChI=1S/C14H12N4O4S/c1-9-2-5-12(18(19)20)7-14(9)23(21,22)17-11-4-3-10-8-15-16-13(10)6-11/h2-8,17H,1H3,(H,15,16). The van der Waals surface area contributed by atoms with E-state index in [1.54, 1.807) is 31.3 Å². The molecule has 0 bridgehead atoms. The molecule has 0 amide bonds. The molecule has 1 aromatic heterocycles. The summed E-state index contributed by atoms with van der Waals surface area (Å²) in [6.07, 6.45) is 1.62. The molecule has 0 spiro atoms. The number of hydrogen-bond acceptors (Lipinski definition) is 5. The van der Waals surface area contributed by atoms with Gasteiger partial charge in [0.2, 0.25) is 0 Å². The molecule has 2 aromatic carbocycles. The van der Waals surface area contributed by atoms with Gasteiger partial charge in [-0.05, 0) is 30.7 Å². The van der Waals surface area contributed by atoms with Crippen molar-refractivity contribution in [2.24, 2.45) is 0 Å². The fourth-order valence-electron chi connectivity index (χ4n) is 2.20. The Labute approximate surface area is 131 Å². The lowest BCUT2D eigenvalue weighted by atomic mass is 10.2. The topological polar surface area (TPSA) is 118 Å². The summed E-state index contributed by atoms with van der Waals surface area (Å²) in [5.74, 6) is 0. The number of aromatic nitrogens is 2. The van der Waals surface area contributed by atoms with Crippen molar-refractivity contribution in [3.8, 4) is 0 Å². The van der Waals surface area contributed by atoms with Crippen molar-refractivity contribution in [1.82, 2.24) is 10.2 Å². The van der Waals surface area contributed by atoms with Crippen LogP contribution in [0.25, 0.3) is 10.9 Å². The van der Waals surface area contributed by atoms with E-state index in [2.05, 4.69) is 14.9 Å². The molecule has 3 aromatic rings. The number of non-ortho nitro benzene ring substituents is 1. The number of hydrogen-bond donors (Lipinski definition) is 2. The molecule has 0 fully saturated rings. The molecule has 0 saturated carbocycles. The zero-order valence-electron chi connectivity index (χ0n) is 12.0. The lowest BCUT2D eigenvalue weighted by Gasteiger charge is -2.10. The number of aromatic amines is 1. The van der Waals surface area contributed by atoms with Gasteiger partial charge in [0, 0.05) is 17.5 Å². The molecule has 9 heteroatoms. The molecule has 118 valence electrons. The van der Waals surface area contributed by atoms with E-state index in [4.69, 9.17) is 0 Å². The normalized spacial score (nSPS) is 11.5. The fourth-order valence-corrected chi connectivity index (χ4v) is 3.52. The number of nitrogens with zero attached hydrogens (tertiary/aromatic N) is 2. The number of rotatable bonds is 4. The highest BCUT2D eigenvalue weighted by molar-refractivity contribution is 7.92. The van der Waals surface area contributed by atoms with Crippen molar-refractivity contribution < 1.29 is 13.3 Å². The minimum Gasteiger partial charge on any atom is -0.280 e. The first-order valence-corrected chi connectivity index (χ1v) is 8.06. The Morgan fingerprint density at radius 2 is 2.00 bits per heavy atom. The summed E-state index contributed by atoms with van der Waals surface area (Å²) in [5.41, 5.74) is 1.17. The van der Waals surface area contributed by atoms with Crippen LogP contribution in [0.2, 0.25) is 0 Å². The van der Waals surface area contributed by atoms with Crippen molar-refractivity contribution in [3.05, 3.63) is 58.3 Å². The molecule has 2 N–H and O–H groups in total. The maximum Gasteiger partial charge on any atom is 0.270 e. The number of nitro groups is 1. The third-order valence-electron chi connectivity index (χ3n) is 3.37. The molecule has 0 aliphatic rings. The van der Waals surface area contributed by atoms with Crippen molar-refractivity contribution in [3.63, 3.8) is 0 Å². The Kier molecular flexibility index (Phi) is 3.49. The number of H-pyrrole nitrogens is 1. The van der Waals surface area contributed by atoms with Gasteiger partial charge >= 0.3 is 0 Å². The van der Waals surface area contributed by atoms with Crippen LogP contribution < -0.4 is 4.72 Å². The second-order valence-electron chi connectivity index (χ2n) is 4.98. The Bertz CT molecular complexity index is 1010. The zero-order chi connectivity index (χ0) is 16.6.